The van der Waals surface area contributed by atoms with Gasteiger partial charge in [-0.15, -0.1) is 0 Å². The average molecular weight is 410 g/mol. The summed E-state index contributed by atoms with van der Waals surface area (Å²) in [5.74, 6) is -5.53. The number of ether oxygens (including phenoxy) is 1. The lowest BCUT2D eigenvalue weighted by Gasteiger charge is -2.12. The van der Waals surface area contributed by atoms with Gasteiger partial charge in [0.1, 0.15) is 5.82 Å². The van der Waals surface area contributed by atoms with Crippen molar-refractivity contribution in [3.8, 4) is 28.0 Å². The SMILES string of the molecule is CCc1ccc(-c2ccc3c(F)c(-c4cc(F)c(OC)c(F)c4F)ccc3c2)cc1. The van der Waals surface area contributed by atoms with Crippen LogP contribution in [0.3, 0.4) is 0 Å². The Hall–Kier alpha value is -3.34. The maximum atomic E-state index is 15.2. The predicted molar refractivity (Wildman–Crippen MR) is 111 cm³/mol. The van der Waals surface area contributed by atoms with E-state index in [0.29, 0.717) is 5.39 Å². The Morgan fingerprint density at radius 1 is 0.700 bits per heavy atom. The molecule has 152 valence electrons. The van der Waals surface area contributed by atoms with Crippen LogP contribution >= 0.6 is 0 Å². The van der Waals surface area contributed by atoms with Gasteiger partial charge in [-0.3, -0.25) is 0 Å². The molecule has 4 rings (SSSR count). The Morgan fingerprint density at radius 3 is 2.07 bits per heavy atom. The summed E-state index contributed by atoms with van der Waals surface area (Å²) in [6, 6.07) is 16.9. The van der Waals surface area contributed by atoms with Crippen molar-refractivity contribution in [1.82, 2.24) is 0 Å². The second-order valence-corrected chi connectivity index (χ2v) is 6.98. The van der Waals surface area contributed by atoms with Crippen LogP contribution < -0.4 is 4.74 Å². The van der Waals surface area contributed by atoms with Gasteiger partial charge in [-0.05, 0) is 40.6 Å². The van der Waals surface area contributed by atoms with Crippen molar-refractivity contribution >= 4 is 10.8 Å². The maximum Gasteiger partial charge on any atom is 0.204 e. The third kappa shape index (κ3) is 3.30. The molecule has 0 aromatic heterocycles. The van der Waals surface area contributed by atoms with Crippen molar-refractivity contribution in [2.75, 3.05) is 7.11 Å². The fraction of sp³-hybridized carbons (Fsp3) is 0.120. The minimum absolute atomic E-state index is 0.222. The molecule has 0 unspecified atom stereocenters. The fourth-order valence-electron chi connectivity index (χ4n) is 3.57. The Labute approximate surface area is 171 Å². The Kier molecular flexibility index (Phi) is 5.20. The topological polar surface area (TPSA) is 9.23 Å². The van der Waals surface area contributed by atoms with Crippen LogP contribution in [-0.4, -0.2) is 7.11 Å². The first-order chi connectivity index (χ1) is 14.4. The molecule has 4 aromatic carbocycles. The summed E-state index contributed by atoms with van der Waals surface area (Å²) < 4.78 is 62.3. The summed E-state index contributed by atoms with van der Waals surface area (Å²) in [6.07, 6.45) is 0.940. The lowest BCUT2D eigenvalue weighted by atomic mass is 9.96. The van der Waals surface area contributed by atoms with Crippen molar-refractivity contribution in [2.45, 2.75) is 13.3 Å². The number of hydrogen-bond acceptors (Lipinski definition) is 1. The van der Waals surface area contributed by atoms with Crippen molar-refractivity contribution in [3.63, 3.8) is 0 Å². The minimum atomic E-state index is -1.49. The summed E-state index contributed by atoms with van der Waals surface area (Å²) in [5.41, 5.74) is 2.40. The third-order valence-corrected chi connectivity index (χ3v) is 5.26. The molecule has 30 heavy (non-hydrogen) atoms. The normalized spacial score (nSPS) is 11.1. The van der Waals surface area contributed by atoms with Crippen LogP contribution in [0.15, 0.2) is 60.7 Å². The molecule has 0 bridgehead atoms. The first kappa shape index (κ1) is 20.0. The molecule has 0 heterocycles. The fourth-order valence-corrected chi connectivity index (χ4v) is 3.57. The van der Waals surface area contributed by atoms with Crippen molar-refractivity contribution < 1.29 is 22.3 Å². The first-order valence-corrected chi connectivity index (χ1v) is 9.48. The highest BCUT2D eigenvalue weighted by atomic mass is 19.2. The van der Waals surface area contributed by atoms with E-state index in [-0.39, 0.29) is 10.9 Å². The molecule has 0 N–H and O–H groups in total. The summed E-state index contributed by atoms with van der Waals surface area (Å²) in [7, 11) is 1.03. The molecular weight excluding hydrogens is 392 g/mol. The van der Waals surface area contributed by atoms with Crippen molar-refractivity contribution in [1.29, 1.82) is 0 Å². The van der Waals surface area contributed by atoms with Gasteiger partial charge in [-0.2, -0.15) is 4.39 Å². The Balaban J connectivity index is 1.82. The number of halogens is 4. The lowest BCUT2D eigenvalue weighted by Crippen LogP contribution is -2.00. The zero-order valence-corrected chi connectivity index (χ0v) is 16.4. The van der Waals surface area contributed by atoms with Crippen LogP contribution in [-0.2, 0) is 6.42 Å². The molecular formula is C25H18F4O. The molecule has 0 fully saturated rings. The second kappa shape index (κ2) is 7.82. The van der Waals surface area contributed by atoms with E-state index in [2.05, 4.69) is 11.7 Å². The summed E-state index contributed by atoms with van der Waals surface area (Å²) >= 11 is 0. The molecule has 4 aromatic rings. The molecule has 0 aliphatic carbocycles. The smallest absolute Gasteiger partial charge is 0.204 e. The van der Waals surface area contributed by atoms with E-state index in [1.807, 2.05) is 30.3 Å². The maximum absolute atomic E-state index is 15.2. The third-order valence-electron chi connectivity index (χ3n) is 5.26. The van der Waals surface area contributed by atoms with Gasteiger partial charge < -0.3 is 4.74 Å². The van der Waals surface area contributed by atoms with E-state index < -0.39 is 34.6 Å². The van der Waals surface area contributed by atoms with Gasteiger partial charge in [0.05, 0.1) is 7.11 Å². The number of rotatable bonds is 4. The molecule has 0 amide bonds. The van der Waals surface area contributed by atoms with E-state index in [1.54, 1.807) is 18.2 Å². The van der Waals surface area contributed by atoms with Crippen LogP contribution in [0.5, 0.6) is 5.75 Å². The minimum Gasteiger partial charge on any atom is -0.491 e. The quantitative estimate of drug-likeness (QED) is 0.253. The molecule has 0 saturated carbocycles. The number of methoxy groups -OCH3 is 1. The lowest BCUT2D eigenvalue weighted by molar-refractivity contribution is 0.347. The van der Waals surface area contributed by atoms with Crippen LogP contribution in [0.25, 0.3) is 33.0 Å². The van der Waals surface area contributed by atoms with Crippen LogP contribution in [0.4, 0.5) is 17.6 Å². The van der Waals surface area contributed by atoms with Crippen molar-refractivity contribution in [3.05, 3.63) is 89.5 Å². The van der Waals surface area contributed by atoms with Crippen LogP contribution in [0.2, 0.25) is 0 Å². The van der Waals surface area contributed by atoms with E-state index in [4.69, 9.17) is 0 Å². The van der Waals surface area contributed by atoms with Crippen LogP contribution in [0.1, 0.15) is 12.5 Å². The largest absolute Gasteiger partial charge is 0.491 e. The molecule has 0 atom stereocenters. The van der Waals surface area contributed by atoms with Gasteiger partial charge in [0.2, 0.25) is 5.82 Å². The standard InChI is InChI=1S/C25H18F4O/c1-3-14-4-6-15(7-5-14)16-8-10-18-17(12-16)9-11-19(22(18)27)20-13-21(26)25(30-2)24(29)23(20)28/h4-13H,3H2,1-2H3. The van der Waals surface area contributed by atoms with Gasteiger partial charge in [-0.1, -0.05) is 55.5 Å². The van der Waals surface area contributed by atoms with E-state index >= 15 is 4.39 Å². The highest BCUT2D eigenvalue weighted by Crippen LogP contribution is 2.36. The van der Waals surface area contributed by atoms with E-state index in [1.165, 1.54) is 11.6 Å². The summed E-state index contributed by atoms with van der Waals surface area (Å²) in [6.45, 7) is 2.08. The Bertz CT molecular complexity index is 1250. The monoisotopic (exact) mass is 410 g/mol. The molecule has 5 heteroatoms. The molecule has 0 radical (unpaired) electrons. The van der Waals surface area contributed by atoms with Crippen molar-refractivity contribution in [2.24, 2.45) is 0 Å². The summed E-state index contributed by atoms with van der Waals surface area (Å²) in [5, 5.41) is 0.834. The zero-order chi connectivity index (χ0) is 21.4. The number of aryl methyl sites for hydroxylation is 1. The molecule has 0 spiro atoms. The molecule has 0 saturated heterocycles. The number of hydrogen-bond donors (Lipinski definition) is 0. The van der Waals surface area contributed by atoms with Gasteiger partial charge in [0.25, 0.3) is 0 Å². The highest BCUT2D eigenvalue weighted by molar-refractivity contribution is 5.91. The number of fused-ring (bicyclic) bond motifs is 1. The number of benzene rings is 4. The summed E-state index contributed by atoms with van der Waals surface area (Å²) in [4.78, 5) is 0. The van der Waals surface area contributed by atoms with Gasteiger partial charge in [0.15, 0.2) is 17.4 Å². The Morgan fingerprint density at radius 2 is 1.40 bits per heavy atom. The first-order valence-electron chi connectivity index (χ1n) is 9.48. The van der Waals surface area contributed by atoms with Gasteiger partial charge in [-0.25, -0.2) is 13.2 Å². The second-order valence-electron chi connectivity index (χ2n) is 6.98. The van der Waals surface area contributed by atoms with Crippen LogP contribution in [0, 0.1) is 23.3 Å². The van der Waals surface area contributed by atoms with Gasteiger partial charge >= 0.3 is 0 Å². The zero-order valence-electron chi connectivity index (χ0n) is 16.4. The predicted octanol–water partition coefficient (Wildman–Crippen LogP) is 7.30. The highest BCUT2D eigenvalue weighted by Gasteiger charge is 2.23. The average Bonchev–Trinajstić information content (AvgIpc) is 2.77. The molecule has 0 aliphatic heterocycles. The van der Waals surface area contributed by atoms with Gasteiger partial charge in [0, 0.05) is 16.5 Å². The van der Waals surface area contributed by atoms with E-state index in [9.17, 15) is 13.2 Å². The molecule has 1 nitrogen and oxygen atoms in total. The molecule has 0 aliphatic rings. The van der Waals surface area contributed by atoms with E-state index in [0.717, 1.165) is 30.7 Å².